The number of aryl methyl sites for hydroxylation is 2. The molecule has 3 rings (SSSR count). The van der Waals surface area contributed by atoms with E-state index in [1.165, 1.54) is 0 Å². The highest BCUT2D eigenvalue weighted by Crippen LogP contribution is 2.21. The number of carbonyl (C=O) groups excluding carboxylic acids is 1. The maximum Gasteiger partial charge on any atom is 0.244 e. The molecule has 0 fully saturated rings. The average molecular weight is 334 g/mol. The average Bonchev–Trinajstić information content (AvgIpc) is 2.91. The highest BCUT2D eigenvalue weighted by atomic mass is 16.1. The van der Waals surface area contributed by atoms with Crippen LogP contribution in [-0.4, -0.2) is 15.7 Å². The van der Waals surface area contributed by atoms with E-state index < -0.39 is 11.9 Å². The van der Waals surface area contributed by atoms with Crippen molar-refractivity contribution in [1.29, 1.82) is 0 Å². The second-order valence-corrected chi connectivity index (χ2v) is 6.18. The molecule has 25 heavy (non-hydrogen) atoms. The summed E-state index contributed by atoms with van der Waals surface area (Å²) in [6, 6.07) is 18.9. The van der Waals surface area contributed by atoms with Gasteiger partial charge >= 0.3 is 0 Å². The minimum Gasteiger partial charge on any atom is -0.370 e. The van der Waals surface area contributed by atoms with Crippen LogP contribution < -0.4 is 11.1 Å². The maximum absolute atomic E-state index is 11.9. The zero-order valence-electron chi connectivity index (χ0n) is 14.4. The highest BCUT2D eigenvalue weighted by molar-refractivity contribution is 5.84. The standard InChI is InChI=1S/C20H22N4O/c1-14-11-15(2)24(23-14)13-16-7-6-10-18(12-16)22-19(20(21)25)17-8-4-3-5-9-17/h3-12,19,22H,13H2,1-2H3,(H2,21,25)/t19-/m1/s1. The molecule has 0 aliphatic heterocycles. The van der Waals surface area contributed by atoms with Gasteiger partial charge in [0.15, 0.2) is 0 Å². The molecular formula is C20H22N4O. The van der Waals surface area contributed by atoms with Crippen LogP contribution in [0.2, 0.25) is 0 Å². The fourth-order valence-corrected chi connectivity index (χ4v) is 2.90. The Morgan fingerprint density at radius 1 is 1.12 bits per heavy atom. The lowest BCUT2D eigenvalue weighted by Crippen LogP contribution is -2.27. The van der Waals surface area contributed by atoms with E-state index in [-0.39, 0.29) is 0 Å². The third-order valence-electron chi connectivity index (χ3n) is 4.09. The predicted molar refractivity (Wildman–Crippen MR) is 99.2 cm³/mol. The molecule has 3 aromatic rings. The number of amides is 1. The van der Waals surface area contributed by atoms with E-state index in [0.717, 1.165) is 28.2 Å². The summed E-state index contributed by atoms with van der Waals surface area (Å²) in [4.78, 5) is 11.9. The van der Waals surface area contributed by atoms with Crippen molar-refractivity contribution < 1.29 is 4.79 Å². The number of nitrogens with two attached hydrogens (primary N) is 1. The fraction of sp³-hybridized carbons (Fsp3) is 0.200. The lowest BCUT2D eigenvalue weighted by atomic mass is 10.1. The van der Waals surface area contributed by atoms with Gasteiger partial charge in [-0.25, -0.2) is 0 Å². The van der Waals surface area contributed by atoms with Gasteiger partial charge in [0.2, 0.25) is 5.91 Å². The Balaban J connectivity index is 1.81. The topological polar surface area (TPSA) is 72.9 Å². The van der Waals surface area contributed by atoms with Gasteiger partial charge in [0.05, 0.1) is 12.2 Å². The van der Waals surface area contributed by atoms with Crippen molar-refractivity contribution in [1.82, 2.24) is 9.78 Å². The van der Waals surface area contributed by atoms with Crippen molar-refractivity contribution in [3.63, 3.8) is 0 Å². The van der Waals surface area contributed by atoms with Crippen LogP contribution in [0.4, 0.5) is 5.69 Å². The van der Waals surface area contributed by atoms with E-state index in [2.05, 4.69) is 16.5 Å². The Hall–Kier alpha value is -3.08. The number of hydrogen-bond donors (Lipinski definition) is 2. The second kappa shape index (κ2) is 7.21. The maximum atomic E-state index is 11.9. The molecule has 0 bridgehead atoms. The Morgan fingerprint density at radius 3 is 2.52 bits per heavy atom. The van der Waals surface area contributed by atoms with Crippen LogP contribution in [0.1, 0.15) is 28.6 Å². The van der Waals surface area contributed by atoms with Crippen LogP contribution in [0.5, 0.6) is 0 Å². The number of benzene rings is 2. The summed E-state index contributed by atoms with van der Waals surface area (Å²) in [5, 5.41) is 7.73. The summed E-state index contributed by atoms with van der Waals surface area (Å²) in [5.74, 6) is -0.407. The Bertz CT molecular complexity index is 870. The summed E-state index contributed by atoms with van der Waals surface area (Å²) in [7, 11) is 0. The Kier molecular flexibility index (Phi) is 4.84. The molecule has 1 aromatic heterocycles. The first kappa shape index (κ1) is 16.8. The first-order valence-corrected chi connectivity index (χ1v) is 8.24. The highest BCUT2D eigenvalue weighted by Gasteiger charge is 2.17. The molecule has 5 heteroatoms. The monoisotopic (exact) mass is 334 g/mol. The molecule has 0 saturated heterocycles. The van der Waals surface area contributed by atoms with Gasteiger partial charge in [-0.3, -0.25) is 9.48 Å². The number of aromatic nitrogens is 2. The first-order valence-electron chi connectivity index (χ1n) is 8.24. The molecule has 3 N–H and O–H groups in total. The molecular weight excluding hydrogens is 312 g/mol. The van der Waals surface area contributed by atoms with Gasteiger partial charge in [-0.05, 0) is 43.2 Å². The van der Waals surface area contributed by atoms with Gasteiger partial charge in [0, 0.05) is 11.4 Å². The number of nitrogens with one attached hydrogen (secondary N) is 1. The summed E-state index contributed by atoms with van der Waals surface area (Å²) >= 11 is 0. The third kappa shape index (κ3) is 4.07. The van der Waals surface area contributed by atoms with Gasteiger partial charge in [-0.2, -0.15) is 5.10 Å². The summed E-state index contributed by atoms with van der Waals surface area (Å²) in [6.07, 6.45) is 0. The number of rotatable bonds is 6. The van der Waals surface area contributed by atoms with Gasteiger partial charge in [0.1, 0.15) is 6.04 Å². The van der Waals surface area contributed by atoms with Crippen LogP contribution in [0.3, 0.4) is 0 Å². The summed E-state index contributed by atoms with van der Waals surface area (Å²) < 4.78 is 1.97. The van der Waals surface area contributed by atoms with Gasteiger partial charge in [0.25, 0.3) is 0 Å². The van der Waals surface area contributed by atoms with E-state index >= 15 is 0 Å². The zero-order chi connectivity index (χ0) is 17.8. The Labute approximate surface area is 147 Å². The molecule has 0 spiro atoms. The predicted octanol–water partition coefficient (Wildman–Crippen LogP) is 3.19. The summed E-state index contributed by atoms with van der Waals surface area (Å²) in [5.41, 5.74) is 10.5. The van der Waals surface area contributed by atoms with Crippen molar-refractivity contribution in [2.75, 3.05) is 5.32 Å². The molecule has 128 valence electrons. The van der Waals surface area contributed by atoms with E-state index in [1.807, 2.05) is 73.1 Å². The number of primary amides is 1. The quantitative estimate of drug-likeness (QED) is 0.727. The van der Waals surface area contributed by atoms with Gasteiger partial charge < -0.3 is 11.1 Å². The van der Waals surface area contributed by atoms with E-state index in [4.69, 9.17) is 5.73 Å². The molecule has 0 aliphatic rings. The number of hydrogen-bond acceptors (Lipinski definition) is 3. The van der Waals surface area contributed by atoms with Crippen molar-refractivity contribution >= 4 is 11.6 Å². The Morgan fingerprint density at radius 2 is 1.88 bits per heavy atom. The SMILES string of the molecule is Cc1cc(C)n(Cc2cccc(N[C@@H](C(N)=O)c3ccccc3)c2)n1. The van der Waals surface area contributed by atoms with E-state index in [9.17, 15) is 4.79 Å². The van der Waals surface area contributed by atoms with Crippen molar-refractivity contribution in [2.45, 2.75) is 26.4 Å². The second-order valence-electron chi connectivity index (χ2n) is 6.18. The molecule has 0 radical (unpaired) electrons. The third-order valence-corrected chi connectivity index (χ3v) is 4.09. The minimum atomic E-state index is -0.565. The molecule has 2 aromatic carbocycles. The van der Waals surface area contributed by atoms with Crippen molar-refractivity contribution in [2.24, 2.45) is 5.73 Å². The van der Waals surface area contributed by atoms with Crippen LogP contribution >= 0.6 is 0 Å². The van der Waals surface area contributed by atoms with Crippen LogP contribution in [-0.2, 0) is 11.3 Å². The molecule has 1 amide bonds. The number of nitrogens with zero attached hydrogens (tertiary/aromatic N) is 2. The minimum absolute atomic E-state index is 0.407. The lowest BCUT2D eigenvalue weighted by molar-refractivity contribution is -0.118. The largest absolute Gasteiger partial charge is 0.370 e. The van der Waals surface area contributed by atoms with Crippen LogP contribution in [0.25, 0.3) is 0 Å². The lowest BCUT2D eigenvalue weighted by Gasteiger charge is -2.18. The van der Waals surface area contributed by atoms with Crippen molar-refractivity contribution in [3.05, 3.63) is 83.2 Å². The van der Waals surface area contributed by atoms with Crippen LogP contribution in [0, 0.1) is 13.8 Å². The summed E-state index contributed by atoms with van der Waals surface area (Å²) in [6.45, 7) is 4.71. The molecule has 0 aliphatic carbocycles. The van der Waals surface area contributed by atoms with Gasteiger partial charge in [-0.1, -0.05) is 42.5 Å². The molecule has 0 saturated carbocycles. The molecule has 0 unspecified atom stereocenters. The molecule has 1 heterocycles. The van der Waals surface area contributed by atoms with E-state index in [1.54, 1.807) is 0 Å². The normalized spacial score (nSPS) is 11.9. The van der Waals surface area contributed by atoms with E-state index in [0.29, 0.717) is 6.54 Å². The molecule has 5 nitrogen and oxygen atoms in total. The number of carbonyl (C=O) groups is 1. The smallest absolute Gasteiger partial charge is 0.244 e. The van der Waals surface area contributed by atoms with Crippen molar-refractivity contribution in [3.8, 4) is 0 Å². The fourth-order valence-electron chi connectivity index (χ4n) is 2.90. The zero-order valence-corrected chi connectivity index (χ0v) is 14.4. The first-order chi connectivity index (χ1) is 12.0. The van der Waals surface area contributed by atoms with Gasteiger partial charge in [-0.15, -0.1) is 0 Å². The molecule has 1 atom stereocenters. The number of anilines is 1. The van der Waals surface area contributed by atoms with Crippen LogP contribution in [0.15, 0.2) is 60.7 Å².